The molecule has 0 spiro atoms. The van der Waals surface area contributed by atoms with Crippen LogP contribution < -0.4 is 20.4 Å². The van der Waals surface area contributed by atoms with Crippen LogP contribution in [0.3, 0.4) is 0 Å². The molecule has 6 nitrogen and oxygen atoms in total. The van der Waals surface area contributed by atoms with Gasteiger partial charge >= 0.3 is 6.03 Å². The van der Waals surface area contributed by atoms with Crippen molar-refractivity contribution < 1.29 is 14.5 Å². The lowest BCUT2D eigenvalue weighted by molar-refractivity contribution is -0.909. The third-order valence-electron chi connectivity index (χ3n) is 5.12. The van der Waals surface area contributed by atoms with Crippen molar-refractivity contribution in [3.8, 4) is 0 Å². The molecule has 2 aliphatic heterocycles. The van der Waals surface area contributed by atoms with E-state index in [1.807, 2.05) is 30.3 Å². The van der Waals surface area contributed by atoms with E-state index in [2.05, 4.69) is 17.6 Å². The highest BCUT2D eigenvalue weighted by Gasteiger charge is 2.32. The molecule has 3 amide bonds. The van der Waals surface area contributed by atoms with Gasteiger partial charge in [0.1, 0.15) is 6.04 Å². The second kappa shape index (κ2) is 7.66. The van der Waals surface area contributed by atoms with Gasteiger partial charge in [-0.1, -0.05) is 18.2 Å². The van der Waals surface area contributed by atoms with Crippen molar-refractivity contribution in [2.75, 3.05) is 31.1 Å². The van der Waals surface area contributed by atoms with Gasteiger partial charge in [-0.2, -0.15) is 0 Å². The van der Waals surface area contributed by atoms with Crippen LogP contribution in [0.15, 0.2) is 30.3 Å². The molecule has 1 aromatic rings. The monoisotopic (exact) mass is 331 g/mol. The number of carbonyl (C=O) groups is 2. The van der Waals surface area contributed by atoms with Gasteiger partial charge in [0.15, 0.2) is 0 Å². The van der Waals surface area contributed by atoms with E-state index >= 15 is 0 Å². The van der Waals surface area contributed by atoms with Crippen molar-refractivity contribution in [3.05, 3.63) is 30.3 Å². The van der Waals surface area contributed by atoms with Crippen LogP contribution in [0.25, 0.3) is 0 Å². The van der Waals surface area contributed by atoms with Crippen molar-refractivity contribution >= 4 is 17.6 Å². The smallest absolute Gasteiger partial charge is 0.315 e. The van der Waals surface area contributed by atoms with E-state index in [4.69, 9.17) is 0 Å². The quantitative estimate of drug-likeness (QED) is 0.719. The van der Waals surface area contributed by atoms with Crippen molar-refractivity contribution in [2.24, 2.45) is 0 Å². The highest BCUT2D eigenvalue weighted by atomic mass is 16.2. The van der Waals surface area contributed by atoms with Gasteiger partial charge in [0.05, 0.1) is 25.7 Å². The Kier molecular flexibility index (Phi) is 5.35. The maximum atomic E-state index is 12.2. The molecule has 1 aromatic carbocycles. The number of hydrogen-bond acceptors (Lipinski definition) is 2. The molecule has 0 aliphatic carbocycles. The number of hydrogen-bond donors (Lipinski definition) is 3. The summed E-state index contributed by atoms with van der Waals surface area (Å²) in [5.74, 6) is 0.0592. The first-order chi connectivity index (χ1) is 11.7. The average Bonchev–Trinajstić information content (AvgIpc) is 3.19. The fourth-order valence-corrected chi connectivity index (χ4v) is 3.81. The van der Waals surface area contributed by atoms with Gasteiger partial charge in [-0.3, -0.25) is 4.79 Å². The maximum Gasteiger partial charge on any atom is 0.315 e. The predicted octanol–water partition coefficient (Wildman–Crippen LogP) is 0.158. The lowest BCUT2D eigenvalue weighted by atomic mass is 10.2. The topological polar surface area (TPSA) is 65.9 Å². The van der Waals surface area contributed by atoms with Crippen LogP contribution in [0, 0.1) is 0 Å². The summed E-state index contributed by atoms with van der Waals surface area (Å²) in [7, 11) is 0. The summed E-state index contributed by atoms with van der Waals surface area (Å²) in [6, 6.07) is 9.83. The largest absolute Gasteiger partial charge is 0.333 e. The van der Waals surface area contributed by atoms with E-state index in [0.717, 1.165) is 12.2 Å². The first-order valence-corrected chi connectivity index (χ1v) is 8.91. The first kappa shape index (κ1) is 16.8. The molecule has 2 heterocycles. The van der Waals surface area contributed by atoms with Crippen LogP contribution in [0.1, 0.15) is 26.2 Å². The highest BCUT2D eigenvalue weighted by Crippen LogP contribution is 2.20. The molecule has 0 aromatic heterocycles. The van der Waals surface area contributed by atoms with Crippen LogP contribution in [-0.2, 0) is 4.79 Å². The molecule has 1 unspecified atom stereocenters. The lowest BCUT2D eigenvalue weighted by Gasteiger charge is -2.21. The number of anilines is 1. The van der Waals surface area contributed by atoms with Crippen LogP contribution in [0.4, 0.5) is 10.5 Å². The van der Waals surface area contributed by atoms with E-state index in [1.54, 1.807) is 9.80 Å². The number of para-hydroxylation sites is 1. The molecule has 0 saturated carbocycles. The summed E-state index contributed by atoms with van der Waals surface area (Å²) >= 11 is 0. The van der Waals surface area contributed by atoms with Gasteiger partial charge < -0.3 is 20.4 Å². The summed E-state index contributed by atoms with van der Waals surface area (Å²) in [6.07, 6.45) is 2.77. The molecule has 2 fully saturated rings. The van der Waals surface area contributed by atoms with Crippen LogP contribution in [0.2, 0.25) is 0 Å². The number of urea groups is 1. The first-order valence-electron chi connectivity index (χ1n) is 8.91. The third kappa shape index (κ3) is 3.87. The molecule has 2 saturated heterocycles. The van der Waals surface area contributed by atoms with Crippen LogP contribution in [0.5, 0.6) is 0 Å². The predicted molar refractivity (Wildman–Crippen MR) is 93.1 cm³/mol. The Morgan fingerprint density at radius 1 is 1.33 bits per heavy atom. The Morgan fingerprint density at radius 2 is 2.12 bits per heavy atom. The minimum atomic E-state index is -0.162. The second-order valence-corrected chi connectivity index (χ2v) is 6.70. The van der Waals surface area contributed by atoms with Gasteiger partial charge in [0, 0.05) is 31.5 Å². The van der Waals surface area contributed by atoms with Crippen LogP contribution in [-0.4, -0.2) is 50.2 Å². The van der Waals surface area contributed by atoms with Crippen molar-refractivity contribution in [3.63, 3.8) is 0 Å². The SMILES string of the molecule is CC[NH+]1CCC[C@@H]1CNC(=O)N[C@@H]1CC(=O)N(c2ccccc2)C1. The number of carbonyl (C=O) groups excluding carboxylic acids is 2. The Morgan fingerprint density at radius 3 is 2.88 bits per heavy atom. The number of likely N-dealkylation sites (N-methyl/N-ethyl adjacent to an activating group) is 1. The molecule has 6 heteroatoms. The molecule has 3 rings (SSSR count). The molecule has 3 N–H and O–H groups in total. The number of amides is 3. The zero-order valence-electron chi connectivity index (χ0n) is 14.3. The molecule has 3 atom stereocenters. The number of rotatable bonds is 5. The van der Waals surface area contributed by atoms with E-state index in [0.29, 0.717) is 25.6 Å². The van der Waals surface area contributed by atoms with Gasteiger partial charge in [-0.05, 0) is 19.1 Å². The minimum absolute atomic E-state index is 0.0592. The number of likely N-dealkylation sites (tertiary alicyclic amines) is 1. The van der Waals surface area contributed by atoms with E-state index in [-0.39, 0.29) is 18.0 Å². The van der Waals surface area contributed by atoms with Crippen LogP contribution >= 0.6 is 0 Å². The molecule has 0 radical (unpaired) electrons. The molecule has 2 aliphatic rings. The average molecular weight is 331 g/mol. The van der Waals surface area contributed by atoms with Crippen molar-refractivity contribution in [1.82, 2.24) is 10.6 Å². The maximum absolute atomic E-state index is 12.2. The Bertz CT molecular complexity index is 578. The Labute approximate surface area is 143 Å². The lowest BCUT2D eigenvalue weighted by Crippen LogP contribution is -3.14. The number of benzene rings is 1. The molecule has 24 heavy (non-hydrogen) atoms. The number of nitrogens with zero attached hydrogens (tertiary/aromatic N) is 1. The summed E-state index contributed by atoms with van der Waals surface area (Å²) in [4.78, 5) is 27.6. The normalized spacial score (nSPS) is 26.6. The minimum Gasteiger partial charge on any atom is -0.333 e. The highest BCUT2D eigenvalue weighted by molar-refractivity contribution is 5.96. The van der Waals surface area contributed by atoms with E-state index in [1.165, 1.54) is 19.4 Å². The molecule has 0 bridgehead atoms. The Balaban J connectivity index is 1.46. The summed E-state index contributed by atoms with van der Waals surface area (Å²) in [6.45, 7) is 5.74. The summed E-state index contributed by atoms with van der Waals surface area (Å²) in [5, 5.41) is 5.93. The summed E-state index contributed by atoms with van der Waals surface area (Å²) in [5.41, 5.74) is 0.889. The number of nitrogens with one attached hydrogen (secondary N) is 3. The van der Waals surface area contributed by atoms with Gasteiger partial charge in [0.25, 0.3) is 0 Å². The zero-order chi connectivity index (χ0) is 16.9. The zero-order valence-corrected chi connectivity index (χ0v) is 14.3. The fourth-order valence-electron chi connectivity index (χ4n) is 3.81. The van der Waals surface area contributed by atoms with E-state index < -0.39 is 0 Å². The molecular weight excluding hydrogens is 304 g/mol. The third-order valence-corrected chi connectivity index (χ3v) is 5.12. The van der Waals surface area contributed by atoms with Gasteiger partial charge in [0.2, 0.25) is 5.91 Å². The number of quaternary nitrogens is 1. The van der Waals surface area contributed by atoms with Gasteiger partial charge in [-0.15, -0.1) is 0 Å². The second-order valence-electron chi connectivity index (χ2n) is 6.70. The van der Waals surface area contributed by atoms with Crippen molar-refractivity contribution in [1.29, 1.82) is 0 Å². The van der Waals surface area contributed by atoms with Gasteiger partial charge in [-0.25, -0.2) is 4.79 Å². The van der Waals surface area contributed by atoms with E-state index in [9.17, 15) is 9.59 Å². The van der Waals surface area contributed by atoms with Crippen molar-refractivity contribution in [2.45, 2.75) is 38.3 Å². The molecule has 130 valence electrons. The summed E-state index contributed by atoms with van der Waals surface area (Å²) < 4.78 is 0. The standard InChI is InChI=1S/C18H26N4O2/c1-2-21-10-6-9-16(21)12-19-18(24)20-14-11-17(23)22(13-14)15-7-4-3-5-8-15/h3-5,7-8,14,16H,2,6,9-13H2,1H3,(H2,19,20,24)/p+1/t14-,16-/m1/s1. The molecular formula is C18H27N4O2+. The fraction of sp³-hybridized carbons (Fsp3) is 0.556. The Hall–Kier alpha value is -2.08.